The van der Waals surface area contributed by atoms with E-state index >= 15 is 0 Å². The fourth-order valence-corrected chi connectivity index (χ4v) is 1.66. The SMILES string of the molecule is CCCC(C)CCCC(C)CC. The van der Waals surface area contributed by atoms with Gasteiger partial charge in [0.15, 0.2) is 0 Å². The maximum absolute atomic E-state index is 2.39. The van der Waals surface area contributed by atoms with Gasteiger partial charge in [-0.25, -0.2) is 0 Å². The molecule has 2 atom stereocenters. The van der Waals surface area contributed by atoms with E-state index < -0.39 is 0 Å². The predicted molar refractivity (Wildman–Crippen MR) is 57.4 cm³/mol. The summed E-state index contributed by atoms with van der Waals surface area (Å²) in [5.74, 6) is 1.90. The minimum Gasteiger partial charge on any atom is -0.0654 e. The van der Waals surface area contributed by atoms with Crippen LogP contribution in [0.4, 0.5) is 0 Å². The largest absolute Gasteiger partial charge is 0.0654 e. The van der Waals surface area contributed by atoms with Crippen LogP contribution in [0.25, 0.3) is 0 Å². The Kier molecular flexibility index (Phi) is 7.64. The van der Waals surface area contributed by atoms with Crippen molar-refractivity contribution < 1.29 is 0 Å². The molecule has 0 spiro atoms. The monoisotopic (exact) mass is 170 g/mol. The van der Waals surface area contributed by atoms with Gasteiger partial charge in [-0.15, -0.1) is 0 Å². The molecule has 0 aromatic heterocycles. The van der Waals surface area contributed by atoms with Crippen molar-refractivity contribution in [1.82, 2.24) is 0 Å². The van der Waals surface area contributed by atoms with E-state index in [-0.39, 0.29) is 0 Å². The van der Waals surface area contributed by atoms with Gasteiger partial charge in [-0.2, -0.15) is 0 Å². The molecule has 0 aromatic carbocycles. The average molecular weight is 170 g/mol. The second-order valence-corrected chi connectivity index (χ2v) is 4.34. The third-order valence-electron chi connectivity index (χ3n) is 2.87. The number of hydrogen-bond acceptors (Lipinski definition) is 0. The van der Waals surface area contributed by atoms with Gasteiger partial charge < -0.3 is 0 Å². The van der Waals surface area contributed by atoms with E-state index in [1.54, 1.807) is 0 Å². The first-order valence-corrected chi connectivity index (χ1v) is 5.70. The summed E-state index contributed by atoms with van der Waals surface area (Å²) in [6, 6.07) is 0. The quantitative estimate of drug-likeness (QED) is 0.522. The molecule has 0 aromatic rings. The summed E-state index contributed by atoms with van der Waals surface area (Å²) in [6.07, 6.45) is 8.44. The number of hydrogen-bond donors (Lipinski definition) is 0. The Morgan fingerprint density at radius 2 is 1.42 bits per heavy atom. The fourth-order valence-electron chi connectivity index (χ4n) is 1.66. The van der Waals surface area contributed by atoms with Crippen LogP contribution >= 0.6 is 0 Å². The van der Waals surface area contributed by atoms with Gasteiger partial charge in [0, 0.05) is 0 Å². The highest BCUT2D eigenvalue weighted by atomic mass is 14.1. The van der Waals surface area contributed by atoms with Crippen molar-refractivity contribution in [2.75, 3.05) is 0 Å². The summed E-state index contributed by atoms with van der Waals surface area (Å²) in [4.78, 5) is 0. The second kappa shape index (κ2) is 7.64. The number of rotatable bonds is 7. The van der Waals surface area contributed by atoms with E-state index in [4.69, 9.17) is 0 Å². The molecule has 0 heteroatoms. The lowest BCUT2D eigenvalue weighted by atomic mass is 9.95. The fraction of sp³-hybridized carbons (Fsp3) is 1.00. The summed E-state index contributed by atoms with van der Waals surface area (Å²) in [5.41, 5.74) is 0. The molecule has 0 heterocycles. The Bertz CT molecular complexity index is 86.0. The highest BCUT2D eigenvalue weighted by molar-refractivity contribution is 4.55. The molecule has 0 saturated carbocycles. The van der Waals surface area contributed by atoms with Crippen LogP contribution < -0.4 is 0 Å². The van der Waals surface area contributed by atoms with E-state index in [0.29, 0.717) is 0 Å². The van der Waals surface area contributed by atoms with Crippen LogP contribution in [0.15, 0.2) is 0 Å². The van der Waals surface area contributed by atoms with Crippen LogP contribution in [-0.2, 0) is 0 Å². The van der Waals surface area contributed by atoms with Gasteiger partial charge in [0.2, 0.25) is 0 Å². The first kappa shape index (κ1) is 12.0. The molecule has 0 aliphatic heterocycles. The second-order valence-electron chi connectivity index (χ2n) is 4.34. The van der Waals surface area contributed by atoms with Crippen LogP contribution in [0.2, 0.25) is 0 Å². The normalized spacial score (nSPS) is 16.0. The van der Waals surface area contributed by atoms with Gasteiger partial charge in [-0.3, -0.25) is 0 Å². The zero-order valence-electron chi connectivity index (χ0n) is 9.40. The molecule has 0 radical (unpaired) electrons. The maximum atomic E-state index is 2.39. The van der Waals surface area contributed by atoms with E-state index in [1.807, 2.05) is 0 Å². The third-order valence-corrected chi connectivity index (χ3v) is 2.87. The van der Waals surface area contributed by atoms with Crippen molar-refractivity contribution in [1.29, 1.82) is 0 Å². The molecule has 0 saturated heterocycles. The van der Waals surface area contributed by atoms with Crippen molar-refractivity contribution >= 4 is 0 Å². The van der Waals surface area contributed by atoms with Crippen LogP contribution in [-0.4, -0.2) is 0 Å². The molecular weight excluding hydrogens is 144 g/mol. The van der Waals surface area contributed by atoms with E-state index in [1.165, 1.54) is 38.5 Å². The molecule has 2 unspecified atom stereocenters. The summed E-state index contributed by atoms with van der Waals surface area (Å²) >= 11 is 0. The lowest BCUT2D eigenvalue weighted by molar-refractivity contribution is 0.416. The molecule has 0 fully saturated rings. The third kappa shape index (κ3) is 6.69. The topological polar surface area (TPSA) is 0 Å². The minimum atomic E-state index is 0.943. The van der Waals surface area contributed by atoms with Crippen LogP contribution in [0.1, 0.15) is 66.2 Å². The van der Waals surface area contributed by atoms with Gasteiger partial charge in [-0.05, 0) is 11.8 Å². The molecule has 0 aliphatic rings. The molecule has 0 rings (SSSR count). The molecule has 0 bridgehead atoms. The lowest BCUT2D eigenvalue weighted by Crippen LogP contribution is -1.97. The summed E-state index contributed by atoms with van der Waals surface area (Å²) < 4.78 is 0. The minimum absolute atomic E-state index is 0.943. The highest BCUT2D eigenvalue weighted by Crippen LogP contribution is 2.17. The average Bonchev–Trinajstić information content (AvgIpc) is 2.04. The van der Waals surface area contributed by atoms with E-state index in [0.717, 1.165) is 11.8 Å². The Morgan fingerprint density at radius 3 is 1.92 bits per heavy atom. The Hall–Kier alpha value is 0. The van der Waals surface area contributed by atoms with Crippen molar-refractivity contribution in [2.45, 2.75) is 66.2 Å². The molecule has 74 valence electrons. The van der Waals surface area contributed by atoms with Crippen molar-refractivity contribution in [2.24, 2.45) is 11.8 Å². The van der Waals surface area contributed by atoms with Crippen molar-refractivity contribution in [3.63, 3.8) is 0 Å². The van der Waals surface area contributed by atoms with Crippen LogP contribution in [0, 0.1) is 11.8 Å². The molecular formula is C12H26. The summed E-state index contributed by atoms with van der Waals surface area (Å²) in [5, 5.41) is 0. The van der Waals surface area contributed by atoms with Gasteiger partial charge in [0.25, 0.3) is 0 Å². The van der Waals surface area contributed by atoms with Crippen LogP contribution in [0.3, 0.4) is 0 Å². The van der Waals surface area contributed by atoms with E-state index in [2.05, 4.69) is 27.7 Å². The van der Waals surface area contributed by atoms with Gasteiger partial charge in [-0.1, -0.05) is 66.2 Å². The highest BCUT2D eigenvalue weighted by Gasteiger charge is 2.02. The first-order chi connectivity index (χ1) is 5.70. The molecule has 0 amide bonds. The lowest BCUT2D eigenvalue weighted by Gasteiger charge is -2.11. The van der Waals surface area contributed by atoms with Gasteiger partial charge in [0.1, 0.15) is 0 Å². The molecule has 0 N–H and O–H groups in total. The smallest absolute Gasteiger partial charge is 0.0443 e. The van der Waals surface area contributed by atoms with Crippen molar-refractivity contribution in [3.05, 3.63) is 0 Å². The van der Waals surface area contributed by atoms with Crippen molar-refractivity contribution in [3.8, 4) is 0 Å². The van der Waals surface area contributed by atoms with E-state index in [9.17, 15) is 0 Å². The zero-order valence-corrected chi connectivity index (χ0v) is 9.40. The summed E-state index contributed by atoms with van der Waals surface area (Å²) in [6.45, 7) is 9.33. The molecule has 12 heavy (non-hydrogen) atoms. The van der Waals surface area contributed by atoms with Gasteiger partial charge >= 0.3 is 0 Å². The summed E-state index contributed by atoms with van der Waals surface area (Å²) in [7, 11) is 0. The Balaban J connectivity index is 3.18. The maximum Gasteiger partial charge on any atom is -0.0443 e. The predicted octanol–water partition coefficient (Wildman–Crippen LogP) is 4.64. The zero-order chi connectivity index (χ0) is 9.40. The van der Waals surface area contributed by atoms with Gasteiger partial charge in [0.05, 0.1) is 0 Å². The Labute approximate surface area is 78.8 Å². The Morgan fingerprint density at radius 1 is 0.833 bits per heavy atom. The molecule has 0 nitrogen and oxygen atoms in total. The van der Waals surface area contributed by atoms with Crippen LogP contribution in [0.5, 0.6) is 0 Å². The molecule has 0 aliphatic carbocycles. The first-order valence-electron chi connectivity index (χ1n) is 5.70. The standard InChI is InChI=1S/C12H26/c1-5-8-12(4)10-7-9-11(3)6-2/h11-12H,5-10H2,1-4H3.